The molecule has 16 heavy (non-hydrogen) atoms. The summed E-state index contributed by atoms with van der Waals surface area (Å²) in [5.41, 5.74) is 0. The van der Waals surface area contributed by atoms with Crippen molar-refractivity contribution in [3.8, 4) is 0 Å². The van der Waals surface area contributed by atoms with E-state index < -0.39 is 13.0 Å². The lowest BCUT2D eigenvalue weighted by molar-refractivity contribution is 0.0180. The zero-order valence-corrected chi connectivity index (χ0v) is 9.89. The first-order valence-corrected chi connectivity index (χ1v) is 6.38. The van der Waals surface area contributed by atoms with Gasteiger partial charge in [0.1, 0.15) is 6.61 Å². The monoisotopic (exact) mass is 235 g/mol. The van der Waals surface area contributed by atoms with E-state index in [0.29, 0.717) is 19.2 Å². The highest BCUT2D eigenvalue weighted by Crippen LogP contribution is 2.16. The molecule has 1 saturated carbocycles. The first-order valence-electron chi connectivity index (χ1n) is 6.38. The van der Waals surface area contributed by atoms with Crippen molar-refractivity contribution < 1.29 is 13.5 Å². The van der Waals surface area contributed by atoms with E-state index in [4.69, 9.17) is 4.74 Å². The molecule has 1 N–H and O–H groups in total. The Bertz CT molecular complexity index is 159. The Hall–Kier alpha value is -0.220. The molecule has 96 valence electrons. The van der Waals surface area contributed by atoms with Gasteiger partial charge in [-0.15, -0.1) is 0 Å². The quantitative estimate of drug-likeness (QED) is 0.715. The van der Waals surface area contributed by atoms with Crippen molar-refractivity contribution >= 4 is 0 Å². The number of rotatable bonds is 6. The van der Waals surface area contributed by atoms with Crippen LogP contribution in [-0.4, -0.2) is 32.2 Å². The van der Waals surface area contributed by atoms with E-state index in [1.807, 2.05) is 0 Å². The maximum Gasteiger partial charge on any atom is 0.261 e. The number of hydrogen-bond acceptors (Lipinski definition) is 2. The van der Waals surface area contributed by atoms with Gasteiger partial charge in [-0.3, -0.25) is 0 Å². The SMILES string of the molecule is FC(F)COCCNC1CCCCCCC1. The van der Waals surface area contributed by atoms with Crippen LogP contribution < -0.4 is 5.32 Å². The van der Waals surface area contributed by atoms with Gasteiger partial charge in [0.15, 0.2) is 0 Å². The molecule has 1 aliphatic carbocycles. The predicted octanol–water partition coefficient (Wildman–Crippen LogP) is 2.97. The average Bonchev–Trinajstić information content (AvgIpc) is 2.19. The number of alkyl halides is 2. The normalized spacial score (nSPS) is 19.7. The minimum Gasteiger partial charge on any atom is -0.374 e. The molecule has 0 saturated heterocycles. The Kier molecular flexibility index (Phi) is 7.68. The molecule has 0 aromatic heterocycles. The molecule has 4 heteroatoms. The standard InChI is InChI=1S/C12H23F2NO/c13-12(14)10-16-9-8-15-11-6-4-2-1-3-5-7-11/h11-12,15H,1-10H2. The van der Waals surface area contributed by atoms with Gasteiger partial charge in [-0.2, -0.15) is 0 Å². The molecule has 0 spiro atoms. The Morgan fingerprint density at radius 1 is 1.06 bits per heavy atom. The molecule has 1 fully saturated rings. The van der Waals surface area contributed by atoms with Crippen molar-refractivity contribution in [1.29, 1.82) is 0 Å². The fourth-order valence-corrected chi connectivity index (χ4v) is 2.17. The van der Waals surface area contributed by atoms with E-state index in [-0.39, 0.29) is 0 Å². The summed E-state index contributed by atoms with van der Waals surface area (Å²) in [6.45, 7) is 0.643. The number of ether oxygens (including phenoxy) is 1. The van der Waals surface area contributed by atoms with Gasteiger partial charge in [0.2, 0.25) is 0 Å². The highest BCUT2D eigenvalue weighted by atomic mass is 19.3. The highest BCUT2D eigenvalue weighted by Gasteiger charge is 2.10. The van der Waals surface area contributed by atoms with Gasteiger partial charge >= 0.3 is 0 Å². The molecule has 1 aliphatic rings. The lowest BCUT2D eigenvalue weighted by atomic mass is 9.97. The second-order valence-corrected chi connectivity index (χ2v) is 4.46. The zero-order valence-electron chi connectivity index (χ0n) is 9.89. The summed E-state index contributed by atoms with van der Waals surface area (Å²) in [6, 6.07) is 0.565. The fourth-order valence-electron chi connectivity index (χ4n) is 2.17. The van der Waals surface area contributed by atoms with Gasteiger partial charge in [-0.05, 0) is 12.8 Å². The lowest BCUT2D eigenvalue weighted by Crippen LogP contribution is -2.32. The van der Waals surface area contributed by atoms with Crippen LogP contribution in [0.5, 0.6) is 0 Å². The smallest absolute Gasteiger partial charge is 0.261 e. The number of halogens is 2. The first-order chi connectivity index (χ1) is 7.79. The third kappa shape index (κ3) is 7.12. The van der Waals surface area contributed by atoms with E-state index in [2.05, 4.69) is 5.32 Å². The van der Waals surface area contributed by atoms with Crippen LogP contribution >= 0.6 is 0 Å². The second-order valence-electron chi connectivity index (χ2n) is 4.46. The summed E-state index contributed by atoms with van der Waals surface area (Å²) in [5, 5.41) is 3.39. The van der Waals surface area contributed by atoms with Crippen LogP contribution in [0.15, 0.2) is 0 Å². The Labute approximate surface area is 96.7 Å². The Morgan fingerprint density at radius 3 is 2.31 bits per heavy atom. The lowest BCUT2D eigenvalue weighted by Gasteiger charge is -2.20. The Balaban J connectivity index is 1.97. The van der Waals surface area contributed by atoms with Crippen LogP contribution in [0, 0.1) is 0 Å². The van der Waals surface area contributed by atoms with Crippen LogP contribution in [-0.2, 0) is 4.74 Å². The van der Waals surface area contributed by atoms with Gasteiger partial charge in [0, 0.05) is 12.6 Å². The largest absolute Gasteiger partial charge is 0.374 e. The molecule has 0 atom stereocenters. The van der Waals surface area contributed by atoms with Gasteiger partial charge < -0.3 is 10.1 Å². The van der Waals surface area contributed by atoms with Crippen LogP contribution in [0.1, 0.15) is 44.9 Å². The molecule has 0 radical (unpaired) electrons. The van der Waals surface area contributed by atoms with Crippen molar-refractivity contribution in [1.82, 2.24) is 5.32 Å². The molecule has 0 aliphatic heterocycles. The molecule has 0 unspecified atom stereocenters. The van der Waals surface area contributed by atoms with E-state index in [1.165, 1.54) is 44.9 Å². The molecule has 2 nitrogen and oxygen atoms in total. The van der Waals surface area contributed by atoms with E-state index >= 15 is 0 Å². The molecule has 0 heterocycles. The molecule has 0 bridgehead atoms. The molecular weight excluding hydrogens is 212 g/mol. The van der Waals surface area contributed by atoms with Crippen LogP contribution in [0.25, 0.3) is 0 Å². The van der Waals surface area contributed by atoms with Crippen molar-refractivity contribution in [3.63, 3.8) is 0 Å². The minimum atomic E-state index is -2.35. The maximum absolute atomic E-state index is 11.8. The van der Waals surface area contributed by atoms with Crippen molar-refractivity contribution in [2.24, 2.45) is 0 Å². The van der Waals surface area contributed by atoms with Crippen molar-refractivity contribution in [3.05, 3.63) is 0 Å². The molecule has 0 aromatic rings. The van der Waals surface area contributed by atoms with E-state index in [9.17, 15) is 8.78 Å². The van der Waals surface area contributed by atoms with Gasteiger partial charge in [0.05, 0.1) is 6.61 Å². The topological polar surface area (TPSA) is 21.3 Å². The summed E-state index contributed by atoms with van der Waals surface area (Å²) in [6.07, 6.45) is 6.69. The average molecular weight is 235 g/mol. The predicted molar refractivity (Wildman–Crippen MR) is 60.9 cm³/mol. The molecular formula is C12H23F2NO. The van der Waals surface area contributed by atoms with E-state index in [0.717, 1.165) is 0 Å². The van der Waals surface area contributed by atoms with Gasteiger partial charge in [-0.25, -0.2) is 8.78 Å². The van der Waals surface area contributed by atoms with Crippen LogP contribution in [0.3, 0.4) is 0 Å². The zero-order chi connectivity index (χ0) is 11.6. The van der Waals surface area contributed by atoms with Crippen LogP contribution in [0.2, 0.25) is 0 Å². The third-order valence-corrected chi connectivity index (χ3v) is 3.03. The molecule has 0 amide bonds. The first kappa shape index (κ1) is 13.8. The summed E-state index contributed by atoms with van der Waals surface area (Å²) < 4.78 is 28.4. The summed E-state index contributed by atoms with van der Waals surface area (Å²) in [4.78, 5) is 0. The highest BCUT2D eigenvalue weighted by molar-refractivity contribution is 4.69. The number of hydrogen-bond donors (Lipinski definition) is 1. The molecule has 0 aromatic carbocycles. The van der Waals surface area contributed by atoms with Gasteiger partial charge in [0.25, 0.3) is 6.43 Å². The second kappa shape index (κ2) is 8.88. The van der Waals surface area contributed by atoms with Crippen molar-refractivity contribution in [2.45, 2.75) is 57.4 Å². The summed E-state index contributed by atoms with van der Waals surface area (Å²) in [7, 11) is 0. The number of nitrogens with one attached hydrogen (secondary N) is 1. The minimum absolute atomic E-state index is 0.390. The van der Waals surface area contributed by atoms with E-state index in [1.54, 1.807) is 0 Å². The van der Waals surface area contributed by atoms with Crippen molar-refractivity contribution in [2.75, 3.05) is 19.8 Å². The maximum atomic E-state index is 11.8. The molecule has 1 rings (SSSR count). The fraction of sp³-hybridized carbons (Fsp3) is 1.00. The summed E-state index contributed by atoms with van der Waals surface area (Å²) >= 11 is 0. The third-order valence-electron chi connectivity index (χ3n) is 3.03. The summed E-state index contributed by atoms with van der Waals surface area (Å²) in [5.74, 6) is 0. The Morgan fingerprint density at radius 2 is 1.69 bits per heavy atom. The van der Waals surface area contributed by atoms with Gasteiger partial charge in [-0.1, -0.05) is 32.1 Å². The van der Waals surface area contributed by atoms with Crippen LogP contribution in [0.4, 0.5) is 8.78 Å².